The van der Waals surface area contributed by atoms with Gasteiger partial charge in [-0.05, 0) is 74.8 Å². The summed E-state index contributed by atoms with van der Waals surface area (Å²) in [4.78, 5) is 7.15. The first-order valence-corrected chi connectivity index (χ1v) is 10.7. The number of benzene rings is 1. The highest BCUT2D eigenvalue weighted by atomic mass is 32.1. The van der Waals surface area contributed by atoms with Crippen LogP contribution in [0.2, 0.25) is 0 Å². The van der Waals surface area contributed by atoms with E-state index >= 15 is 0 Å². The van der Waals surface area contributed by atoms with Gasteiger partial charge in [0.15, 0.2) is 5.11 Å². The SMILES string of the molecule is C=CCN(C)C[C@H]1CN2CC[C@@H]1C[C@H]2CNC(=S)Nc1ccc(N(C)C)cc1. The number of anilines is 2. The number of rotatable bonds is 8. The molecular formula is C22H35N5S. The minimum atomic E-state index is 0.593. The molecule has 3 aliphatic rings. The van der Waals surface area contributed by atoms with E-state index in [0.29, 0.717) is 11.2 Å². The van der Waals surface area contributed by atoms with E-state index in [1.54, 1.807) is 0 Å². The van der Waals surface area contributed by atoms with Crippen LogP contribution in [0.25, 0.3) is 0 Å². The van der Waals surface area contributed by atoms with Crippen molar-refractivity contribution in [3.8, 4) is 0 Å². The Morgan fingerprint density at radius 3 is 2.64 bits per heavy atom. The van der Waals surface area contributed by atoms with Gasteiger partial charge >= 0.3 is 0 Å². The highest BCUT2D eigenvalue weighted by molar-refractivity contribution is 7.80. The van der Waals surface area contributed by atoms with Crippen LogP contribution in [0.1, 0.15) is 12.8 Å². The maximum absolute atomic E-state index is 5.52. The van der Waals surface area contributed by atoms with Gasteiger partial charge in [0.1, 0.15) is 0 Å². The van der Waals surface area contributed by atoms with Crippen LogP contribution in [0.3, 0.4) is 0 Å². The number of nitrogens with one attached hydrogen (secondary N) is 2. The molecule has 3 heterocycles. The molecule has 4 atom stereocenters. The third kappa shape index (κ3) is 5.46. The molecule has 0 aromatic heterocycles. The summed E-state index contributed by atoms with van der Waals surface area (Å²) in [7, 11) is 6.29. The lowest BCUT2D eigenvalue weighted by molar-refractivity contribution is -0.00663. The van der Waals surface area contributed by atoms with Gasteiger partial charge in [-0.15, -0.1) is 6.58 Å². The second kappa shape index (κ2) is 9.72. The molecule has 2 N–H and O–H groups in total. The van der Waals surface area contributed by atoms with E-state index in [2.05, 4.69) is 63.2 Å². The lowest BCUT2D eigenvalue weighted by Gasteiger charge is -2.50. The third-order valence-corrected chi connectivity index (χ3v) is 6.39. The second-order valence-corrected chi connectivity index (χ2v) is 8.89. The molecule has 0 spiro atoms. The molecule has 3 fully saturated rings. The number of fused-ring (bicyclic) bond motifs is 3. The van der Waals surface area contributed by atoms with Gasteiger partial charge in [0.2, 0.25) is 0 Å². The number of nitrogens with zero attached hydrogens (tertiary/aromatic N) is 3. The van der Waals surface area contributed by atoms with Crippen molar-refractivity contribution in [2.24, 2.45) is 11.8 Å². The first kappa shape index (κ1) is 21.1. The Morgan fingerprint density at radius 2 is 2.04 bits per heavy atom. The molecule has 6 heteroatoms. The van der Waals surface area contributed by atoms with E-state index < -0.39 is 0 Å². The highest BCUT2D eigenvalue weighted by Gasteiger charge is 2.40. The second-order valence-electron chi connectivity index (χ2n) is 8.48. The minimum absolute atomic E-state index is 0.593. The van der Waals surface area contributed by atoms with Crippen molar-refractivity contribution in [2.75, 3.05) is 64.1 Å². The van der Waals surface area contributed by atoms with Gasteiger partial charge in [0.05, 0.1) is 0 Å². The monoisotopic (exact) mass is 401 g/mol. The van der Waals surface area contributed by atoms with Gasteiger partial charge in [-0.25, -0.2) is 0 Å². The molecule has 2 bridgehead atoms. The largest absolute Gasteiger partial charge is 0.378 e. The number of piperidine rings is 3. The standard InChI is InChI=1S/C22H35N5S/c1-5-11-26(4)15-18-16-27-12-10-17(18)13-21(27)14-23-22(28)24-19-6-8-20(9-7-19)25(2)3/h5-9,17-18,21H,1,10-16H2,2-4H3,(H2,23,24,28)/t17-,18+,21+/m1/s1. The quantitative estimate of drug-likeness (QED) is 0.515. The van der Waals surface area contributed by atoms with E-state index in [-0.39, 0.29) is 0 Å². The summed E-state index contributed by atoms with van der Waals surface area (Å²) in [5.74, 6) is 1.62. The summed E-state index contributed by atoms with van der Waals surface area (Å²) in [6, 6.07) is 8.93. The molecule has 0 amide bonds. The van der Waals surface area contributed by atoms with Crippen LogP contribution in [0.4, 0.5) is 11.4 Å². The van der Waals surface area contributed by atoms with Gasteiger partial charge in [0.25, 0.3) is 0 Å². The Bertz CT molecular complexity index is 659. The predicted octanol–water partition coefficient (Wildman–Crippen LogP) is 2.87. The van der Waals surface area contributed by atoms with Crippen molar-refractivity contribution in [1.29, 1.82) is 0 Å². The van der Waals surface area contributed by atoms with Crippen molar-refractivity contribution in [3.05, 3.63) is 36.9 Å². The zero-order chi connectivity index (χ0) is 20.1. The molecule has 0 aliphatic carbocycles. The fourth-order valence-electron chi connectivity index (χ4n) is 4.59. The number of thiocarbonyl (C=S) groups is 1. The summed E-state index contributed by atoms with van der Waals surface area (Å²) < 4.78 is 0. The molecule has 1 aromatic rings. The van der Waals surface area contributed by atoms with Crippen LogP contribution >= 0.6 is 12.2 Å². The third-order valence-electron chi connectivity index (χ3n) is 6.14. The Kier molecular flexibility index (Phi) is 7.32. The Balaban J connectivity index is 1.44. The van der Waals surface area contributed by atoms with E-state index in [9.17, 15) is 0 Å². The van der Waals surface area contributed by atoms with Crippen LogP contribution in [-0.2, 0) is 0 Å². The zero-order valence-corrected chi connectivity index (χ0v) is 18.3. The first-order chi connectivity index (χ1) is 13.5. The summed E-state index contributed by atoms with van der Waals surface area (Å²) >= 11 is 5.52. The van der Waals surface area contributed by atoms with Crippen LogP contribution in [0.5, 0.6) is 0 Å². The molecule has 0 radical (unpaired) electrons. The molecule has 3 saturated heterocycles. The maximum Gasteiger partial charge on any atom is 0.170 e. The summed E-state index contributed by atoms with van der Waals surface area (Å²) in [5.41, 5.74) is 2.21. The van der Waals surface area contributed by atoms with Crippen molar-refractivity contribution in [1.82, 2.24) is 15.1 Å². The van der Waals surface area contributed by atoms with E-state index in [1.807, 2.05) is 20.2 Å². The summed E-state index contributed by atoms with van der Waals surface area (Å²) in [6.45, 7) is 9.37. The fourth-order valence-corrected chi connectivity index (χ4v) is 4.79. The predicted molar refractivity (Wildman–Crippen MR) is 124 cm³/mol. The van der Waals surface area contributed by atoms with Gasteiger partial charge in [-0.1, -0.05) is 6.08 Å². The highest BCUT2D eigenvalue weighted by Crippen LogP contribution is 2.36. The molecule has 1 unspecified atom stereocenters. The number of likely N-dealkylation sites (N-methyl/N-ethyl adjacent to an activating group) is 1. The number of hydrogen-bond donors (Lipinski definition) is 2. The Morgan fingerprint density at radius 1 is 1.29 bits per heavy atom. The van der Waals surface area contributed by atoms with E-state index in [0.717, 1.165) is 30.6 Å². The van der Waals surface area contributed by atoms with Crippen LogP contribution in [0, 0.1) is 11.8 Å². The van der Waals surface area contributed by atoms with Gasteiger partial charge < -0.3 is 20.4 Å². The molecule has 4 rings (SSSR count). The van der Waals surface area contributed by atoms with Gasteiger partial charge in [0, 0.05) is 57.7 Å². The Hall–Kier alpha value is -1.63. The van der Waals surface area contributed by atoms with Crippen molar-refractivity contribution < 1.29 is 0 Å². The lowest BCUT2D eigenvalue weighted by Crippen LogP contribution is -2.58. The molecule has 0 saturated carbocycles. The average molecular weight is 402 g/mol. The minimum Gasteiger partial charge on any atom is -0.378 e. The molecular weight excluding hydrogens is 366 g/mol. The lowest BCUT2D eigenvalue weighted by atomic mass is 9.75. The van der Waals surface area contributed by atoms with Crippen LogP contribution < -0.4 is 15.5 Å². The maximum atomic E-state index is 5.52. The molecule has 28 heavy (non-hydrogen) atoms. The fraction of sp³-hybridized carbons (Fsp3) is 0.591. The zero-order valence-electron chi connectivity index (χ0n) is 17.5. The van der Waals surface area contributed by atoms with E-state index in [1.165, 1.54) is 38.2 Å². The van der Waals surface area contributed by atoms with Gasteiger partial charge in [-0.3, -0.25) is 4.90 Å². The van der Waals surface area contributed by atoms with Crippen molar-refractivity contribution in [2.45, 2.75) is 18.9 Å². The van der Waals surface area contributed by atoms with Crippen molar-refractivity contribution >= 4 is 28.7 Å². The Labute approximate surface area is 175 Å². The summed E-state index contributed by atoms with van der Waals surface area (Å²) in [5, 5.41) is 7.46. The number of hydrogen-bond acceptors (Lipinski definition) is 4. The molecule has 3 aliphatic heterocycles. The van der Waals surface area contributed by atoms with Crippen molar-refractivity contribution in [3.63, 3.8) is 0 Å². The van der Waals surface area contributed by atoms with Crippen LogP contribution in [-0.4, -0.2) is 74.8 Å². The van der Waals surface area contributed by atoms with Crippen LogP contribution in [0.15, 0.2) is 36.9 Å². The van der Waals surface area contributed by atoms with E-state index in [4.69, 9.17) is 12.2 Å². The molecule has 154 valence electrons. The molecule has 5 nitrogen and oxygen atoms in total. The molecule has 1 aromatic carbocycles. The summed E-state index contributed by atoms with van der Waals surface area (Å²) in [6.07, 6.45) is 4.61. The first-order valence-electron chi connectivity index (χ1n) is 10.3. The van der Waals surface area contributed by atoms with Gasteiger partial charge in [-0.2, -0.15) is 0 Å². The topological polar surface area (TPSA) is 33.8 Å². The average Bonchev–Trinajstić information content (AvgIpc) is 2.68. The normalized spacial score (nSPS) is 26.1. The smallest absolute Gasteiger partial charge is 0.170 e.